The maximum atomic E-state index is 14.4. The zero-order valence-electron chi connectivity index (χ0n) is 13.0. The summed E-state index contributed by atoms with van der Waals surface area (Å²) in [5, 5.41) is 10.1. The Bertz CT molecular complexity index is 998. The molecule has 3 rings (SSSR count). The molecule has 2 aromatic rings. The summed E-state index contributed by atoms with van der Waals surface area (Å²) in [5.41, 5.74) is -0.0883. The van der Waals surface area contributed by atoms with Crippen LogP contribution >= 0.6 is 0 Å². The molecule has 25 heavy (non-hydrogen) atoms. The van der Waals surface area contributed by atoms with Crippen LogP contribution in [0.3, 0.4) is 0 Å². The second-order valence-electron chi connectivity index (χ2n) is 5.74. The maximum Gasteiger partial charge on any atom is 0.193 e. The third-order valence-electron chi connectivity index (χ3n) is 3.90. The van der Waals surface area contributed by atoms with Gasteiger partial charge in [0.05, 0.1) is 17.6 Å². The molecular formula is C17H13F2NO4S. The Morgan fingerprint density at radius 2 is 2.00 bits per heavy atom. The van der Waals surface area contributed by atoms with Crippen molar-refractivity contribution >= 4 is 15.5 Å². The van der Waals surface area contributed by atoms with Crippen LogP contribution in [0.15, 0.2) is 35.2 Å². The first kappa shape index (κ1) is 17.3. The third kappa shape index (κ3) is 3.21. The Kier molecular flexibility index (Phi) is 4.22. The predicted octanol–water partition coefficient (Wildman–Crippen LogP) is 4.02. The molecule has 0 amide bonds. The molecule has 2 aromatic carbocycles. The molecule has 0 unspecified atom stereocenters. The lowest BCUT2D eigenvalue weighted by Crippen LogP contribution is -2.06. The smallest absolute Gasteiger partial charge is 0.193 e. The van der Waals surface area contributed by atoms with Crippen LogP contribution in [0.4, 0.5) is 14.5 Å². The molecule has 0 saturated heterocycles. The van der Waals surface area contributed by atoms with Gasteiger partial charge in [-0.3, -0.25) is 0 Å². The first-order valence-corrected chi connectivity index (χ1v) is 9.14. The largest absolute Gasteiger partial charge is 0.458 e. The molecule has 1 aliphatic carbocycles. The van der Waals surface area contributed by atoms with Crippen molar-refractivity contribution in [2.75, 3.05) is 6.26 Å². The molecule has 0 spiro atoms. The Balaban J connectivity index is 2.14. The van der Waals surface area contributed by atoms with E-state index in [2.05, 4.69) is 4.85 Å². The third-order valence-corrected chi connectivity index (χ3v) is 5.05. The van der Waals surface area contributed by atoms with Crippen LogP contribution in [0.1, 0.15) is 29.8 Å². The van der Waals surface area contributed by atoms with Crippen molar-refractivity contribution in [3.63, 3.8) is 0 Å². The minimum Gasteiger partial charge on any atom is -0.458 e. The predicted molar refractivity (Wildman–Crippen MR) is 85.7 cm³/mol. The quantitative estimate of drug-likeness (QED) is 0.834. The number of aliphatic hydroxyl groups excluding tert-OH is 1. The van der Waals surface area contributed by atoms with Crippen LogP contribution in [0.25, 0.3) is 4.85 Å². The van der Waals surface area contributed by atoms with Crippen LogP contribution in [0, 0.1) is 12.4 Å². The second-order valence-corrected chi connectivity index (χ2v) is 7.72. The van der Waals surface area contributed by atoms with Crippen molar-refractivity contribution in [1.29, 1.82) is 0 Å². The lowest BCUT2D eigenvalue weighted by molar-refractivity contribution is 0.149. The molecule has 0 aromatic heterocycles. The van der Waals surface area contributed by atoms with Gasteiger partial charge in [0.25, 0.3) is 0 Å². The van der Waals surface area contributed by atoms with Crippen molar-refractivity contribution in [3.05, 3.63) is 58.7 Å². The van der Waals surface area contributed by atoms with Crippen LogP contribution in [-0.2, 0) is 9.84 Å². The first-order chi connectivity index (χ1) is 11.7. The number of nitrogens with zero attached hydrogens (tertiary/aromatic N) is 1. The highest BCUT2D eigenvalue weighted by molar-refractivity contribution is 7.90. The van der Waals surface area contributed by atoms with Crippen LogP contribution < -0.4 is 4.74 Å². The summed E-state index contributed by atoms with van der Waals surface area (Å²) in [6, 6.07) is 5.83. The van der Waals surface area contributed by atoms with E-state index < -0.39 is 27.9 Å². The van der Waals surface area contributed by atoms with Gasteiger partial charge in [-0.1, -0.05) is 0 Å². The zero-order chi connectivity index (χ0) is 18.4. The number of benzene rings is 2. The fraction of sp³-hybridized carbons (Fsp3) is 0.235. The average Bonchev–Trinajstić information content (AvgIpc) is 2.81. The number of rotatable bonds is 3. The van der Waals surface area contributed by atoms with Gasteiger partial charge in [0.15, 0.2) is 15.5 Å². The topological polar surface area (TPSA) is 68.0 Å². The standard InChI is InChI=1S/C17H13F2NO4S/c1-20-10-5-9(18)6-11(7-10)24-14-3-4-15(25(2,22)23)17-13(21)8-12(19)16(14)17/h3-7,12-13,21H,8H2,2H3/t12-,13-/m1/s1. The van der Waals surface area contributed by atoms with Gasteiger partial charge in [-0.2, -0.15) is 0 Å². The first-order valence-electron chi connectivity index (χ1n) is 7.25. The van der Waals surface area contributed by atoms with Crippen molar-refractivity contribution in [2.24, 2.45) is 0 Å². The van der Waals surface area contributed by atoms with E-state index in [9.17, 15) is 22.3 Å². The van der Waals surface area contributed by atoms with Crippen LogP contribution in [-0.4, -0.2) is 19.8 Å². The lowest BCUT2D eigenvalue weighted by Gasteiger charge is -2.15. The number of alkyl halides is 1. The summed E-state index contributed by atoms with van der Waals surface area (Å²) in [7, 11) is -3.67. The van der Waals surface area contributed by atoms with E-state index in [-0.39, 0.29) is 39.6 Å². The van der Waals surface area contributed by atoms with Gasteiger partial charge in [0.2, 0.25) is 0 Å². The Morgan fingerprint density at radius 1 is 1.28 bits per heavy atom. The second kappa shape index (κ2) is 6.10. The van der Waals surface area contributed by atoms with E-state index in [1.165, 1.54) is 18.2 Å². The van der Waals surface area contributed by atoms with Crippen molar-refractivity contribution in [3.8, 4) is 11.5 Å². The molecule has 5 nitrogen and oxygen atoms in total. The van der Waals surface area contributed by atoms with Crippen molar-refractivity contribution < 1.29 is 27.0 Å². The average molecular weight is 365 g/mol. The van der Waals surface area contributed by atoms with Crippen molar-refractivity contribution in [2.45, 2.75) is 23.6 Å². The summed E-state index contributed by atoms with van der Waals surface area (Å²) in [4.78, 5) is 2.95. The van der Waals surface area contributed by atoms with Gasteiger partial charge < -0.3 is 9.84 Å². The number of sulfone groups is 1. The van der Waals surface area contributed by atoms with Gasteiger partial charge in [0, 0.05) is 29.9 Å². The number of hydrogen-bond donors (Lipinski definition) is 1. The highest BCUT2D eigenvalue weighted by Crippen LogP contribution is 2.49. The number of hydrogen-bond acceptors (Lipinski definition) is 4. The highest BCUT2D eigenvalue weighted by Gasteiger charge is 2.37. The Morgan fingerprint density at radius 3 is 2.64 bits per heavy atom. The molecule has 8 heteroatoms. The lowest BCUT2D eigenvalue weighted by atomic mass is 10.1. The zero-order valence-corrected chi connectivity index (χ0v) is 13.8. The number of aliphatic hydroxyl groups is 1. The van der Waals surface area contributed by atoms with Gasteiger partial charge in [0.1, 0.15) is 23.5 Å². The van der Waals surface area contributed by atoms with Gasteiger partial charge >= 0.3 is 0 Å². The normalized spacial score (nSPS) is 19.3. The monoisotopic (exact) mass is 365 g/mol. The summed E-state index contributed by atoms with van der Waals surface area (Å²) >= 11 is 0. The van der Waals surface area contributed by atoms with E-state index >= 15 is 0 Å². The highest BCUT2D eigenvalue weighted by atomic mass is 32.2. The molecule has 0 heterocycles. The molecular weight excluding hydrogens is 352 g/mol. The van der Waals surface area contributed by atoms with E-state index in [4.69, 9.17) is 11.3 Å². The summed E-state index contributed by atoms with van der Waals surface area (Å²) in [6.07, 6.45) is -2.20. The molecule has 1 aliphatic rings. The fourth-order valence-electron chi connectivity index (χ4n) is 2.91. The molecule has 0 fully saturated rings. The maximum absolute atomic E-state index is 14.4. The number of ether oxygens (including phenoxy) is 1. The number of fused-ring (bicyclic) bond motifs is 1. The Hall–Kier alpha value is -2.50. The number of halogens is 2. The molecule has 0 radical (unpaired) electrons. The minimum atomic E-state index is -3.67. The summed E-state index contributed by atoms with van der Waals surface area (Å²) < 4.78 is 57.2. The van der Waals surface area contributed by atoms with Crippen LogP contribution in [0.2, 0.25) is 0 Å². The molecule has 0 bridgehead atoms. The Labute approximate surface area is 143 Å². The van der Waals surface area contributed by atoms with Gasteiger partial charge in [-0.25, -0.2) is 22.0 Å². The van der Waals surface area contributed by atoms with Crippen LogP contribution in [0.5, 0.6) is 11.5 Å². The molecule has 0 aliphatic heterocycles. The molecule has 2 atom stereocenters. The van der Waals surface area contributed by atoms with E-state index in [0.29, 0.717) is 0 Å². The van der Waals surface area contributed by atoms with E-state index in [1.54, 1.807) is 0 Å². The van der Waals surface area contributed by atoms with E-state index in [1.807, 2.05) is 0 Å². The SMILES string of the molecule is [C-]#[N+]c1cc(F)cc(Oc2ccc(S(C)(=O)=O)c3c2[C@H](F)C[C@H]3O)c1. The minimum absolute atomic E-state index is 0.0104. The van der Waals surface area contributed by atoms with Gasteiger partial charge in [-0.15, -0.1) is 0 Å². The van der Waals surface area contributed by atoms with E-state index in [0.717, 1.165) is 18.4 Å². The summed E-state index contributed by atoms with van der Waals surface area (Å²) in [6.45, 7) is 6.94. The fourth-order valence-corrected chi connectivity index (χ4v) is 3.87. The molecule has 130 valence electrons. The molecule has 1 N–H and O–H groups in total. The van der Waals surface area contributed by atoms with Crippen molar-refractivity contribution in [1.82, 2.24) is 0 Å². The molecule has 0 saturated carbocycles. The summed E-state index contributed by atoms with van der Waals surface area (Å²) in [5.74, 6) is -0.730. The van der Waals surface area contributed by atoms with Gasteiger partial charge in [-0.05, 0) is 24.3 Å².